The molecule has 0 spiro atoms. The average Bonchev–Trinajstić information content (AvgIpc) is 2.40. The van der Waals surface area contributed by atoms with Gasteiger partial charge in [-0.1, -0.05) is 71.1 Å². The lowest BCUT2D eigenvalue weighted by atomic mass is 10.0. The molecule has 0 rings (SSSR count). The van der Waals surface area contributed by atoms with Gasteiger partial charge in [-0.15, -0.1) is 0 Å². The van der Waals surface area contributed by atoms with Crippen molar-refractivity contribution in [2.75, 3.05) is 0 Å². The zero-order valence-corrected chi connectivity index (χ0v) is 12.3. The summed E-state index contributed by atoms with van der Waals surface area (Å²) in [6, 6.07) is 0. The van der Waals surface area contributed by atoms with Gasteiger partial charge in [-0.05, 0) is 6.42 Å². The maximum Gasteiger partial charge on any atom is 0.337 e. The lowest BCUT2D eigenvalue weighted by Gasteiger charge is -2.19. The number of hydrogen-bond acceptors (Lipinski definition) is 0. The molecule has 20 heavy (non-hydrogen) atoms. The van der Waals surface area contributed by atoms with Crippen LogP contribution in [0.15, 0.2) is 0 Å². The molecule has 0 heterocycles. The number of rotatable bonds is 13. The Morgan fingerprint density at radius 2 is 1.10 bits per heavy atom. The van der Waals surface area contributed by atoms with Gasteiger partial charge in [0.1, 0.15) is 0 Å². The van der Waals surface area contributed by atoms with Crippen LogP contribution in [0, 0.1) is 0 Å². The van der Waals surface area contributed by atoms with Gasteiger partial charge in [0.2, 0.25) is 0 Å². The van der Waals surface area contributed by atoms with Crippen molar-refractivity contribution >= 4 is 0 Å². The molecular formula is C15H27F5. The first-order valence-electron chi connectivity index (χ1n) is 7.73. The van der Waals surface area contributed by atoms with Gasteiger partial charge < -0.3 is 0 Å². The van der Waals surface area contributed by atoms with Crippen LogP contribution in [0.1, 0.15) is 77.6 Å². The molecule has 122 valence electrons. The molecule has 0 aromatic rings. The summed E-state index contributed by atoms with van der Waals surface area (Å²) in [7, 11) is 0. The van der Waals surface area contributed by atoms with Crippen LogP contribution < -0.4 is 0 Å². The minimum Gasteiger partial charge on any atom is -0.241 e. The zero-order chi connectivity index (χ0) is 15.4. The first-order chi connectivity index (χ1) is 9.42. The fourth-order valence-corrected chi connectivity index (χ4v) is 2.14. The van der Waals surface area contributed by atoms with Gasteiger partial charge in [-0.2, -0.15) is 8.78 Å². The highest BCUT2D eigenvalue weighted by molar-refractivity contribution is 4.79. The standard InChI is InChI=1S/C15H27F5/c1-2-3-4-5-6-7-8-9-10-11-12-13(16)15(19,20)14(17)18/h13-14H,2-12H2,1H3. The summed E-state index contributed by atoms with van der Waals surface area (Å²) in [4.78, 5) is 0. The van der Waals surface area contributed by atoms with Crippen LogP contribution in [-0.4, -0.2) is 18.5 Å². The second-order valence-corrected chi connectivity index (χ2v) is 5.41. The molecule has 0 amide bonds. The van der Waals surface area contributed by atoms with Crippen molar-refractivity contribution in [3.63, 3.8) is 0 Å². The number of unbranched alkanes of at least 4 members (excludes halogenated alkanes) is 9. The van der Waals surface area contributed by atoms with Gasteiger partial charge in [-0.3, -0.25) is 0 Å². The number of halogens is 5. The minimum atomic E-state index is -4.50. The van der Waals surface area contributed by atoms with Gasteiger partial charge in [0.15, 0.2) is 6.17 Å². The van der Waals surface area contributed by atoms with E-state index in [1.165, 1.54) is 32.1 Å². The molecule has 0 aliphatic rings. The monoisotopic (exact) mass is 302 g/mol. The number of hydrogen-bond donors (Lipinski definition) is 0. The Balaban J connectivity index is 3.40. The zero-order valence-electron chi connectivity index (χ0n) is 12.3. The van der Waals surface area contributed by atoms with E-state index in [1.54, 1.807) is 0 Å². The van der Waals surface area contributed by atoms with Crippen LogP contribution in [-0.2, 0) is 0 Å². The largest absolute Gasteiger partial charge is 0.337 e. The van der Waals surface area contributed by atoms with Crippen LogP contribution in [0.4, 0.5) is 22.0 Å². The molecule has 0 aromatic carbocycles. The first kappa shape index (κ1) is 19.7. The molecule has 0 N–H and O–H groups in total. The second kappa shape index (κ2) is 11.3. The SMILES string of the molecule is CCCCCCCCCCCCC(F)C(F)(F)C(F)F. The Hall–Kier alpha value is -0.350. The molecule has 0 saturated heterocycles. The lowest BCUT2D eigenvalue weighted by Crippen LogP contribution is -2.37. The topological polar surface area (TPSA) is 0 Å². The predicted molar refractivity (Wildman–Crippen MR) is 72.3 cm³/mol. The Kier molecular flexibility index (Phi) is 11.1. The summed E-state index contributed by atoms with van der Waals surface area (Å²) >= 11 is 0. The third-order valence-electron chi connectivity index (χ3n) is 3.52. The highest BCUT2D eigenvalue weighted by Gasteiger charge is 2.48. The van der Waals surface area contributed by atoms with E-state index in [9.17, 15) is 22.0 Å². The summed E-state index contributed by atoms with van der Waals surface area (Å²) in [5, 5.41) is 0. The number of alkyl halides is 5. The van der Waals surface area contributed by atoms with Crippen LogP contribution in [0.25, 0.3) is 0 Å². The van der Waals surface area contributed by atoms with Gasteiger partial charge in [0.25, 0.3) is 0 Å². The van der Waals surface area contributed by atoms with Crippen molar-refractivity contribution in [1.82, 2.24) is 0 Å². The van der Waals surface area contributed by atoms with Crippen molar-refractivity contribution in [3.05, 3.63) is 0 Å². The molecule has 0 aliphatic heterocycles. The Morgan fingerprint density at radius 3 is 1.50 bits per heavy atom. The van der Waals surface area contributed by atoms with E-state index in [0.29, 0.717) is 6.42 Å². The second-order valence-electron chi connectivity index (χ2n) is 5.41. The van der Waals surface area contributed by atoms with E-state index >= 15 is 0 Å². The molecular weight excluding hydrogens is 275 g/mol. The normalized spacial score (nSPS) is 13.9. The molecule has 0 aromatic heterocycles. The molecule has 0 radical (unpaired) electrons. The van der Waals surface area contributed by atoms with Crippen LogP contribution in [0.3, 0.4) is 0 Å². The molecule has 1 unspecified atom stereocenters. The summed E-state index contributed by atoms with van der Waals surface area (Å²) in [6.07, 6.45) is 2.87. The Bertz CT molecular complexity index is 218. The third-order valence-corrected chi connectivity index (χ3v) is 3.52. The van der Waals surface area contributed by atoms with E-state index in [4.69, 9.17) is 0 Å². The van der Waals surface area contributed by atoms with Gasteiger partial charge in [-0.25, -0.2) is 13.2 Å². The average molecular weight is 302 g/mol. The lowest BCUT2D eigenvalue weighted by molar-refractivity contribution is -0.172. The van der Waals surface area contributed by atoms with Gasteiger partial charge in [0, 0.05) is 0 Å². The minimum absolute atomic E-state index is 0.249. The van der Waals surface area contributed by atoms with Crippen molar-refractivity contribution in [2.24, 2.45) is 0 Å². The highest BCUT2D eigenvalue weighted by Crippen LogP contribution is 2.31. The maximum atomic E-state index is 12.9. The third kappa shape index (κ3) is 8.75. The molecule has 0 saturated carbocycles. The smallest absolute Gasteiger partial charge is 0.241 e. The van der Waals surface area contributed by atoms with E-state index < -0.39 is 24.9 Å². The maximum absolute atomic E-state index is 12.9. The molecule has 1 atom stereocenters. The Labute approximate surface area is 119 Å². The summed E-state index contributed by atoms with van der Waals surface area (Å²) in [5.41, 5.74) is 0. The fraction of sp³-hybridized carbons (Fsp3) is 1.00. The van der Waals surface area contributed by atoms with E-state index in [1.807, 2.05) is 0 Å². The predicted octanol–water partition coefficient (Wildman–Crippen LogP) is 6.54. The van der Waals surface area contributed by atoms with E-state index in [2.05, 4.69) is 6.92 Å². The van der Waals surface area contributed by atoms with E-state index in [0.717, 1.165) is 19.3 Å². The first-order valence-corrected chi connectivity index (χ1v) is 7.73. The van der Waals surface area contributed by atoms with Crippen molar-refractivity contribution in [2.45, 2.75) is 96.1 Å². The van der Waals surface area contributed by atoms with Crippen molar-refractivity contribution in [3.8, 4) is 0 Å². The van der Waals surface area contributed by atoms with E-state index in [-0.39, 0.29) is 6.42 Å². The molecule has 0 bridgehead atoms. The summed E-state index contributed by atoms with van der Waals surface area (Å²) in [6.45, 7) is 2.16. The quantitative estimate of drug-likeness (QED) is 0.268. The highest BCUT2D eigenvalue weighted by atomic mass is 19.3. The summed E-state index contributed by atoms with van der Waals surface area (Å²) < 4.78 is 61.9. The molecule has 5 heteroatoms. The van der Waals surface area contributed by atoms with Crippen molar-refractivity contribution < 1.29 is 22.0 Å². The molecule has 0 fully saturated rings. The summed E-state index contributed by atoms with van der Waals surface area (Å²) in [5.74, 6) is -4.50. The van der Waals surface area contributed by atoms with Gasteiger partial charge >= 0.3 is 12.3 Å². The van der Waals surface area contributed by atoms with Crippen LogP contribution in [0.2, 0.25) is 0 Å². The fourth-order valence-electron chi connectivity index (χ4n) is 2.14. The van der Waals surface area contributed by atoms with Gasteiger partial charge in [0.05, 0.1) is 0 Å². The molecule has 0 nitrogen and oxygen atoms in total. The van der Waals surface area contributed by atoms with Crippen LogP contribution >= 0.6 is 0 Å². The van der Waals surface area contributed by atoms with Crippen molar-refractivity contribution in [1.29, 1.82) is 0 Å². The Morgan fingerprint density at radius 1 is 0.700 bits per heavy atom. The molecule has 0 aliphatic carbocycles. The van der Waals surface area contributed by atoms with Crippen LogP contribution in [0.5, 0.6) is 0 Å².